The third-order valence-electron chi connectivity index (χ3n) is 7.00. The number of anilines is 1. The summed E-state index contributed by atoms with van der Waals surface area (Å²) in [5.41, 5.74) is 3.88. The average molecular weight is 576 g/mol. The minimum absolute atomic E-state index is 0.137. The van der Waals surface area contributed by atoms with E-state index in [1.54, 1.807) is 48.5 Å². The van der Waals surface area contributed by atoms with Gasteiger partial charge in [0.05, 0.1) is 12.2 Å². The molecule has 42 heavy (non-hydrogen) atoms. The Morgan fingerprint density at radius 3 is 1.90 bits per heavy atom. The smallest absolute Gasteiger partial charge is 0.272 e. The normalized spacial score (nSPS) is 12.7. The number of carbonyl (C=O) groups excluding carboxylic acids is 2. The number of aliphatic hydroxyl groups is 2. The summed E-state index contributed by atoms with van der Waals surface area (Å²) in [4.78, 5) is 24.9. The maximum Gasteiger partial charge on any atom is 0.272 e. The van der Waals surface area contributed by atoms with Gasteiger partial charge in [-0.1, -0.05) is 42.5 Å². The Labute approximate surface area is 243 Å². The topological polar surface area (TPSA) is 115 Å². The van der Waals surface area contributed by atoms with E-state index in [-0.39, 0.29) is 25.3 Å². The molecule has 0 radical (unpaired) electrons. The van der Waals surface area contributed by atoms with E-state index in [1.165, 1.54) is 24.3 Å². The Balaban J connectivity index is 1.91. The summed E-state index contributed by atoms with van der Waals surface area (Å²) in [6, 6.07) is 20.3. The molecule has 4 aromatic rings. The molecule has 1 heterocycles. The van der Waals surface area contributed by atoms with Gasteiger partial charge in [0, 0.05) is 40.9 Å². The van der Waals surface area contributed by atoms with Crippen molar-refractivity contribution in [3.63, 3.8) is 0 Å². The van der Waals surface area contributed by atoms with E-state index in [4.69, 9.17) is 0 Å². The molecule has 0 fully saturated rings. The van der Waals surface area contributed by atoms with Crippen molar-refractivity contribution in [3.8, 4) is 22.3 Å². The van der Waals surface area contributed by atoms with E-state index in [0.717, 1.165) is 0 Å². The molecule has 0 unspecified atom stereocenters. The third kappa shape index (κ3) is 7.29. The number of carboxylic acids is 1. The number of aromatic nitrogens is 1. The quantitative estimate of drug-likeness (QED) is 0.217. The molecule has 4 rings (SSSR count). The first kappa shape index (κ1) is 30.6. The van der Waals surface area contributed by atoms with Gasteiger partial charge >= 0.3 is 0 Å². The summed E-state index contributed by atoms with van der Waals surface area (Å²) in [7, 11) is 0. The zero-order valence-corrected chi connectivity index (χ0v) is 23.4. The standard InChI is InChI=1S/C33H34F2N2O5/c1-20(2)37-28(17-16-26(38)18-27(39)19-29(40)41)30(21-8-12-23(34)13-9-21)31(22-10-14-24(35)15-11-22)32(37)33(42)36-25-6-4-3-5-7-25/h3-15,20,26-27,38-39H,16-19H2,1-2H3,(H,36,42)(H,40,41)/p-1/t26-,27-/m1/s1. The monoisotopic (exact) mass is 575 g/mol. The van der Waals surface area contributed by atoms with E-state index in [9.17, 15) is 33.7 Å². The van der Waals surface area contributed by atoms with E-state index in [1.807, 2.05) is 24.5 Å². The van der Waals surface area contributed by atoms with E-state index >= 15 is 0 Å². The van der Waals surface area contributed by atoms with Gasteiger partial charge in [0.2, 0.25) is 0 Å². The summed E-state index contributed by atoms with van der Waals surface area (Å²) in [6.07, 6.45) is -2.73. The van der Waals surface area contributed by atoms with Gasteiger partial charge in [0.15, 0.2) is 0 Å². The first-order valence-electron chi connectivity index (χ1n) is 13.8. The molecule has 0 aliphatic rings. The molecule has 9 heteroatoms. The highest BCUT2D eigenvalue weighted by atomic mass is 19.1. The van der Waals surface area contributed by atoms with Crippen LogP contribution in [-0.4, -0.2) is 38.9 Å². The number of halogens is 2. The zero-order chi connectivity index (χ0) is 30.4. The fourth-order valence-corrected chi connectivity index (χ4v) is 5.22. The van der Waals surface area contributed by atoms with E-state index in [0.29, 0.717) is 39.3 Å². The first-order valence-corrected chi connectivity index (χ1v) is 13.8. The van der Waals surface area contributed by atoms with Gasteiger partial charge in [-0.3, -0.25) is 4.79 Å². The molecule has 0 aliphatic heterocycles. The van der Waals surface area contributed by atoms with E-state index in [2.05, 4.69) is 5.32 Å². The lowest BCUT2D eigenvalue weighted by atomic mass is 9.92. The number of amides is 1. The second-order valence-electron chi connectivity index (χ2n) is 10.5. The van der Waals surface area contributed by atoms with Crippen LogP contribution in [0.2, 0.25) is 0 Å². The van der Waals surface area contributed by atoms with Crippen molar-refractivity contribution >= 4 is 17.6 Å². The minimum atomic E-state index is -1.42. The van der Waals surface area contributed by atoms with Crippen LogP contribution in [0.1, 0.15) is 55.3 Å². The molecule has 3 aromatic carbocycles. The molecule has 7 nitrogen and oxygen atoms in total. The molecular weight excluding hydrogens is 542 g/mol. The van der Waals surface area contributed by atoms with Crippen LogP contribution in [0.15, 0.2) is 78.9 Å². The van der Waals surface area contributed by atoms with Crippen LogP contribution in [-0.2, 0) is 11.2 Å². The summed E-state index contributed by atoms with van der Waals surface area (Å²) in [5, 5.41) is 34.5. The molecule has 0 bridgehead atoms. The Bertz CT molecular complexity index is 1520. The highest BCUT2D eigenvalue weighted by Gasteiger charge is 2.30. The molecule has 0 aliphatic carbocycles. The number of hydrogen-bond donors (Lipinski definition) is 3. The Morgan fingerprint density at radius 1 is 0.833 bits per heavy atom. The van der Waals surface area contributed by atoms with Crippen LogP contribution in [0.4, 0.5) is 14.5 Å². The number of aliphatic carboxylic acids is 1. The largest absolute Gasteiger partial charge is 0.550 e. The Hall–Kier alpha value is -4.34. The van der Waals surface area contributed by atoms with Gasteiger partial charge in [-0.15, -0.1) is 0 Å². The molecule has 0 saturated heterocycles. The maximum atomic E-state index is 14.0. The lowest BCUT2D eigenvalue weighted by Gasteiger charge is -2.20. The van der Waals surface area contributed by atoms with Gasteiger partial charge < -0.3 is 30.0 Å². The van der Waals surface area contributed by atoms with Crippen molar-refractivity contribution in [1.29, 1.82) is 0 Å². The Morgan fingerprint density at radius 2 is 1.38 bits per heavy atom. The molecule has 0 saturated carbocycles. The van der Waals surface area contributed by atoms with Crippen molar-refractivity contribution in [1.82, 2.24) is 4.57 Å². The molecule has 1 amide bonds. The van der Waals surface area contributed by atoms with Crippen LogP contribution in [0.5, 0.6) is 0 Å². The number of aliphatic hydroxyl groups excluding tert-OH is 2. The van der Waals surface area contributed by atoms with Crippen LogP contribution in [0.25, 0.3) is 22.3 Å². The number of nitrogens with one attached hydrogen (secondary N) is 1. The predicted molar refractivity (Wildman–Crippen MR) is 155 cm³/mol. The number of para-hydroxylation sites is 1. The highest BCUT2D eigenvalue weighted by molar-refractivity contribution is 6.11. The second-order valence-corrected chi connectivity index (χ2v) is 10.5. The minimum Gasteiger partial charge on any atom is -0.550 e. The number of rotatable bonds is 12. The van der Waals surface area contributed by atoms with Crippen LogP contribution in [0.3, 0.4) is 0 Å². The fourth-order valence-electron chi connectivity index (χ4n) is 5.22. The summed E-state index contributed by atoms with van der Waals surface area (Å²) in [5.74, 6) is -2.71. The van der Waals surface area contributed by atoms with Gasteiger partial charge in [-0.25, -0.2) is 8.78 Å². The van der Waals surface area contributed by atoms with Gasteiger partial charge in [-0.2, -0.15) is 0 Å². The molecule has 220 valence electrons. The molecular formula is C33H33F2N2O5-. The van der Waals surface area contributed by atoms with Crippen molar-refractivity contribution in [3.05, 3.63) is 102 Å². The zero-order valence-electron chi connectivity index (χ0n) is 23.4. The first-order chi connectivity index (χ1) is 20.0. The maximum absolute atomic E-state index is 14.0. The predicted octanol–water partition coefficient (Wildman–Crippen LogP) is 5.12. The fraction of sp³-hybridized carbons (Fsp3) is 0.273. The summed E-state index contributed by atoms with van der Waals surface area (Å²) >= 11 is 0. The van der Waals surface area contributed by atoms with Crippen LogP contribution in [0, 0.1) is 11.6 Å². The van der Waals surface area contributed by atoms with Crippen molar-refractivity contribution in [2.75, 3.05) is 5.32 Å². The van der Waals surface area contributed by atoms with Gasteiger partial charge in [-0.05, 0) is 80.6 Å². The number of benzene rings is 3. The SMILES string of the molecule is CC(C)n1c(CC[C@@H](O)C[C@@H](O)CC(=O)[O-])c(-c2ccc(F)cc2)c(-c2ccc(F)cc2)c1C(=O)Nc1ccccc1. The number of carboxylic acid groups (broad SMARTS) is 1. The van der Waals surface area contributed by atoms with E-state index < -0.39 is 42.1 Å². The molecule has 3 N–H and O–H groups in total. The molecule has 1 aromatic heterocycles. The number of hydrogen-bond acceptors (Lipinski definition) is 5. The van der Waals surface area contributed by atoms with Crippen molar-refractivity contribution in [2.24, 2.45) is 0 Å². The summed E-state index contributed by atoms with van der Waals surface area (Å²) < 4.78 is 29.9. The van der Waals surface area contributed by atoms with Crippen molar-refractivity contribution in [2.45, 2.75) is 57.8 Å². The molecule has 0 spiro atoms. The number of nitrogens with zero attached hydrogens (tertiary/aromatic N) is 1. The lowest BCUT2D eigenvalue weighted by Crippen LogP contribution is -2.29. The van der Waals surface area contributed by atoms with Gasteiger partial charge in [0.1, 0.15) is 17.3 Å². The average Bonchev–Trinajstić information content (AvgIpc) is 3.28. The van der Waals surface area contributed by atoms with Crippen LogP contribution < -0.4 is 10.4 Å². The molecule has 2 atom stereocenters. The summed E-state index contributed by atoms with van der Waals surface area (Å²) in [6.45, 7) is 3.82. The lowest BCUT2D eigenvalue weighted by molar-refractivity contribution is -0.307. The van der Waals surface area contributed by atoms with Crippen LogP contribution >= 0.6 is 0 Å². The Kier molecular flexibility index (Phi) is 9.88. The number of carbonyl (C=O) groups is 2. The highest BCUT2D eigenvalue weighted by Crippen LogP contribution is 2.43. The van der Waals surface area contributed by atoms with Gasteiger partial charge in [0.25, 0.3) is 5.91 Å². The third-order valence-corrected chi connectivity index (χ3v) is 7.00. The van der Waals surface area contributed by atoms with Crippen molar-refractivity contribution < 1.29 is 33.7 Å². The second kappa shape index (κ2) is 13.5.